The van der Waals surface area contributed by atoms with Gasteiger partial charge in [0.15, 0.2) is 4.98 Å². The Bertz CT molecular complexity index is 728. The number of diazo groups is 1. The number of benzene rings is 1. The molecule has 2 aromatic rings. The van der Waals surface area contributed by atoms with E-state index in [9.17, 15) is 20.0 Å². The van der Waals surface area contributed by atoms with Crippen molar-refractivity contribution in [3.8, 4) is 5.75 Å². The van der Waals surface area contributed by atoms with E-state index in [1.807, 2.05) is 0 Å². The Morgan fingerprint density at radius 1 is 1.47 bits per heavy atom. The molecule has 0 bridgehead atoms. The van der Waals surface area contributed by atoms with Crippen LogP contribution in [0.3, 0.4) is 0 Å². The van der Waals surface area contributed by atoms with Crippen LogP contribution in [-0.2, 0) is 0 Å². The van der Waals surface area contributed by atoms with Crippen LogP contribution in [0.2, 0.25) is 0 Å². The number of aromatic amines is 1. The zero-order valence-electron chi connectivity index (χ0n) is 8.25. The third-order valence-electron chi connectivity index (χ3n) is 2.26. The van der Waals surface area contributed by atoms with E-state index in [1.165, 1.54) is 12.1 Å². The SMILES string of the molecule is N#[N+]c1c(O)c2cc([N+](=O)[O-])ccc2[nH]c1=O. The van der Waals surface area contributed by atoms with Crippen LogP contribution >= 0.6 is 0 Å². The number of fused-ring (bicyclic) bond motifs is 1. The summed E-state index contributed by atoms with van der Waals surface area (Å²) in [6.45, 7) is 0. The van der Waals surface area contributed by atoms with Gasteiger partial charge in [-0.05, 0) is 6.07 Å². The molecule has 0 aliphatic rings. The Morgan fingerprint density at radius 2 is 2.18 bits per heavy atom. The highest BCUT2D eigenvalue weighted by molar-refractivity contribution is 5.91. The summed E-state index contributed by atoms with van der Waals surface area (Å²) >= 11 is 0. The molecule has 0 radical (unpaired) electrons. The molecular weight excluding hydrogens is 228 g/mol. The number of hydrogen-bond acceptors (Lipinski definition) is 5. The number of nitrogens with one attached hydrogen (secondary N) is 1. The largest absolute Gasteiger partial charge is 0.501 e. The van der Waals surface area contributed by atoms with Gasteiger partial charge in [-0.2, -0.15) is 0 Å². The van der Waals surface area contributed by atoms with Crippen molar-refractivity contribution in [3.63, 3.8) is 0 Å². The van der Waals surface area contributed by atoms with E-state index in [1.54, 1.807) is 0 Å². The van der Waals surface area contributed by atoms with Crippen molar-refractivity contribution >= 4 is 22.3 Å². The second-order valence-electron chi connectivity index (χ2n) is 3.24. The standard InChI is InChI=1S/C9H4N4O4/c10-12-7-8(14)5-3-4(13(16)17)1-2-6(5)11-9(7)15/h1-3H,(H-,11,14,15)/p+1. The molecule has 0 saturated heterocycles. The molecule has 0 atom stereocenters. The minimum Gasteiger partial charge on any atom is -0.501 e. The van der Waals surface area contributed by atoms with Gasteiger partial charge >= 0.3 is 11.2 Å². The van der Waals surface area contributed by atoms with Crippen LogP contribution in [0.25, 0.3) is 15.9 Å². The van der Waals surface area contributed by atoms with Gasteiger partial charge < -0.3 is 10.1 Å². The lowest BCUT2D eigenvalue weighted by Crippen LogP contribution is -2.04. The molecule has 84 valence electrons. The molecule has 17 heavy (non-hydrogen) atoms. The minimum absolute atomic E-state index is 0.0339. The first kappa shape index (κ1) is 10.6. The summed E-state index contributed by atoms with van der Waals surface area (Å²) in [5, 5.41) is 28.8. The fraction of sp³-hybridized carbons (Fsp3) is 0. The molecule has 0 fully saturated rings. The monoisotopic (exact) mass is 233 g/mol. The van der Waals surface area contributed by atoms with Gasteiger partial charge in [0.2, 0.25) is 11.1 Å². The topological polar surface area (TPSA) is 124 Å². The van der Waals surface area contributed by atoms with E-state index in [-0.39, 0.29) is 16.6 Å². The van der Waals surface area contributed by atoms with E-state index in [0.29, 0.717) is 0 Å². The number of hydrogen-bond donors (Lipinski definition) is 2. The lowest BCUT2D eigenvalue weighted by atomic mass is 10.1. The molecule has 0 aliphatic heterocycles. The van der Waals surface area contributed by atoms with E-state index < -0.39 is 21.9 Å². The molecule has 1 aromatic carbocycles. The first-order chi connectivity index (χ1) is 8.04. The Morgan fingerprint density at radius 3 is 2.76 bits per heavy atom. The molecular formula is C9H5N4O4+. The second-order valence-corrected chi connectivity index (χ2v) is 3.24. The Balaban J connectivity index is 2.91. The third-order valence-corrected chi connectivity index (χ3v) is 2.26. The highest BCUT2D eigenvalue weighted by atomic mass is 16.6. The predicted octanol–water partition coefficient (Wildman–Crippen LogP) is 1.63. The number of nitrogens with zero attached hydrogens (tertiary/aromatic N) is 3. The molecule has 0 aliphatic carbocycles. The number of non-ortho nitro benzene ring substituents is 1. The van der Waals surface area contributed by atoms with E-state index in [0.717, 1.165) is 6.07 Å². The molecule has 1 heterocycles. The van der Waals surface area contributed by atoms with Crippen LogP contribution in [0, 0.1) is 15.5 Å². The molecule has 2 N–H and O–H groups in total. The summed E-state index contributed by atoms with van der Waals surface area (Å²) in [4.78, 5) is 26.2. The first-order valence-electron chi connectivity index (χ1n) is 4.43. The molecule has 2 rings (SSSR count). The number of H-pyrrole nitrogens is 1. The van der Waals surface area contributed by atoms with Crippen molar-refractivity contribution < 1.29 is 10.0 Å². The average Bonchev–Trinajstić information content (AvgIpc) is 2.29. The predicted molar refractivity (Wildman–Crippen MR) is 57.6 cm³/mol. The minimum atomic E-state index is -0.786. The van der Waals surface area contributed by atoms with Crippen LogP contribution in [0.15, 0.2) is 23.0 Å². The summed E-state index contributed by atoms with van der Waals surface area (Å²) in [5.41, 5.74) is -1.40. The Labute approximate surface area is 92.9 Å². The molecule has 8 heteroatoms. The van der Waals surface area contributed by atoms with Crippen LogP contribution in [0.1, 0.15) is 0 Å². The van der Waals surface area contributed by atoms with Crippen molar-refractivity contribution in [2.45, 2.75) is 0 Å². The Hall–Kier alpha value is -2.95. The fourth-order valence-electron chi connectivity index (χ4n) is 1.46. The van der Waals surface area contributed by atoms with Crippen molar-refractivity contribution in [1.82, 2.24) is 4.98 Å². The number of pyridine rings is 1. The molecule has 0 amide bonds. The van der Waals surface area contributed by atoms with Gasteiger partial charge in [-0.15, -0.1) is 0 Å². The van der Waals surface area contributed by atoms with E-state index >= 15 is 0 Å². The number of nitro benzene ring substituents is 1. The summed E-state index contributed by atoms with van der Waals surface area (Å²) in [5.74, 6) is -0.602. The van der Waals surface area contributed by atoms with E-state index in [4.69, 9.17) is 5.39 Å². The number of rotatable bonds is 1. The van der Waals surface area contributed by atoms with Crippen LogP contribution < -0.4 is 5.56 Å². The van der Waals surface area contributed by atoms with Crippen molar-refractivity contribution in [3.05, 3.63) is 43.6 Å². The third kappa shape index (κ3) is 1.55. The zero-order valence-corrected chi connectivity index (χ0v) is 8.25. The molecule has 0 spiro atoms. The fourth-order valence-corrected chi connectivity index (χ4v) is 1.46. The average molecular weight is 233 g/mol. The maximum atomic E-state index is 11.3. The number of aromatic hydroxyl groups is 1. The highest BCUT2D eigenvalue weighted by Crippen LogP contribution is 2.32. The molecule has 0 saturated carbocycles. The normalized spacial score (nSPS) is 10.1. The van der Waals surface area contributed by atoms with Gasteiger partial charge in [-0.25, -0.2) is 0 Å². The maximum absolute atomic E-state index is 11.3. The van der Waals surface area contributed by atoms with Crippen molar-refractivity contribution in [2.24, 2.45) is 0 Å². The molecule has 8 nitrogen and oxygen atoms in total. The van der Waals surface area contributed by atoms with Gasteiger partial charge in [-0.3, -0.25) is 14.9 Å². The number of aromatic nitrogens is 1. The summed E-state index contributed by atoms with van der Waals surface area (Å²) in [6, 6.07) is 3.55. The summed E-state index contributed by atoms with van der Waals surface area (Å²) in [6.07, 6.45) is 0. The quantitative estimate of drug-likeness (QED) is 0.440. The molecule has 1 aromatic heterocycles. The van der Waals surface area contributed by atoms with Gasteiger partial charge in [-0.1, -0.05) is 0 Å². The molecule has 0 unspecified atom stereocenters. The second kappa shape index (κ2) is 3.57. The zero-order chi connectivity index (χ0) is 12.6. The first-order valence-corrected chi connectivity index (χ1v) is 4.43. The van der Waals surface area contributed by atoms with Gasteiger partial charge in [0.1, 0.15) is 0 Å². The summed E-state index contributed by atoms with van der Waals surface area (Å²) in [7, 11) is 0. The van der Waals surface area contributed by atoms with Crippen LogP contribution in [0.4, 0.5) is 11.4 Å². The lowest BCUT2D eigenvalue weighted by molar-refractivity contribution is -0.384. The van der Waals surface area contributed by atoms with Crippen molar-refractivity contribution in [1.29, 1.82) is 5.39 Å². The lowest BCUT2D eigenvalue weighted by Gasteiger charge is -1.98. The van der Waals surface area contributed by atoms with Gasteiger partial charge in [0, 0.05) is 12.1 Å². The van der Waals surface area contributed by atoms with Crippen LogP contribution in [0.5, 0.6) is 5.75 Å². The van der Waals surface area contributed by atoms with Crippen molar-refractivity contribution in [2.75, 3.05) is 0 Å². The van der Waals surface area contributed by atoms with Crippen LogP contribution in [-0.4, -0.2) is 15.0 Å². The maximum Gasteiger partial charge on any atom is 0.490 e. The number of nitro groups is 1. The summed E-state index contributed by atoms with van der Waals surface area (Å²) < 4.78 is 0. The smallest absolute Gasteiger partial charge is 0.490 e. The van der Waals surface area contributed by atoms with E-state index in [2.05, 4.69) is 9.96 Å². The van der Waals surface area contributed by atoms with Gasteiger partial charge in [0.25, 0.3) is 5.69 Å². The van der Waals surface area contributed by atoms with Gasteiger partial charge in [0.05, 0.1) is 15.8 Å². The Kier molecular flexibility index (Phi) is 2.22. The highest BCUT2D eigenvalue weighted by Gasteiger charge is 2.23.